The predicted molar refractivity (Wildman–Crippen MR) is 79.6 cm³/mol. The Bertz CT molecular complexity index is 492. The van der Waals surface area contributed by atoms with E-state index in [1.807, 2.05) is 19.2 Å². The maximum absolute atomic E-state index is 12.4. The molecule has 1 aliphatic rings. The van der Waals surface area contributed by atoms with Crippen molar-refractivity contribution in [2.45, 2.75) is 6.42 Å². The molecule has 1 N–H and O–H groups in total. The van der Waals surface area contributed by atoms with E-state index in [2.05, 4.69) is 15.2 Å². The summed E-state index contributed by atoms with van der Waals surface area (Å²) in [5, 5.41) is 2.68. The molecule has 6 nitrogen and oxygen atoms in total. The molecule has 1 atom stereocenters. The van der Waals surface area contributed by atoms with Crippen molar-refractivity contribution in [3.05, 3.63) is 30.1 Å². The molecule has 0 unspecified atom stereocenters. The molecule has 0 spiro atoms. The van der Waals surface area contributed by atoms with Gasteiger partial charge in [-0.3, -0.25) is 14.6 Å². The molecule has 0 aliphatic carbocycles. The van der Waals surface area contributed by atoms with Crippen LogP contribution < -0.4 is 5.32 Å². The Balaban J connectivity index is 2.03. The number of pyridine rings is 1. The van der Waals surface area contributed by atoms with Crippen LogP contribution >= 0.6 is 0 Å². The van der Waals surface area contributed by atoms with Gasteiger partial charge in [0.25, 0.3) is 0 Å². The molecule has 2 amide bonds. The summed E-state index contributed by atoms with van der Waals surface area (Å²) < 4.78 is 0. The first-order chi connectivity index (χ1) is 10.1. The van der Waals surface area contributed by atoms with Crippen molar-refractivity contribution >= 4 is 11.8 Å². The SMILES string of the molecule is CNC(=O)[C@@H]1CN(C)CCN(C(=O)Cc2cccnc2)C1. The molecular formula is C15H22N4O2. The Morgan fingerprint density at radius 1 is 1.38 bits per heavy atom. The molecule has 1 fully saturated rings. The van der Waals surface area contributed by atoms with Crippen LogP contribution in [0.4, 0.5) is 0 Å². The topological polar surface area (TPSA) is 65.5 Å². The monoisotopic (exact) mass is 290 g/mol. The fourth-order valence-electron chi connectivity index (χ4n) is 2.56. The van der Waals surface area contributed by atoms with Gasteiger partial charge < -0.3 is 15.1 Å². The lowest BCUT2D eigenvalue weighted by atomic mass is 10.1. The summed E-state index contributed by atoms with van der Waals surface area (Å²) in [4.78, 5) is 32.2. The largest absolute Gasteiger partial charge is 0.359 e. The molecule has 1 saturated heterocycles. The smallest absolute Gasteiger partial charge is 0.227 e. The van der Waals surface area contributed by atoms with Gasteiger partial charge in [-0.15, -0.1) is 0 Å². The number of carbonyl (C=O) groups is 2. The van der Waals surface area contributed by atoms with Crippen molar-refractivity contribution in [3.63, 3.8) is 0 Å². The molecule has 21 heavy (non-hydrogen) atoms. The maximum atomic E-state index is 12.4. The molecule has 1 aromatic rings. The Morgan fingerprint density at radius 3 is 2.86 bits per heavy atom. The molecule has 2 rings (SSSR count). The molecule has 0 saturated carbocycles. The first-order valence-corrected chi connectivity index (χ1v) is 7.17. The van der Waals surface area contributed by atoms with Crippen LogP contribution in [0.15, 0.2) is 24.5 Å². The lowest BCUT2D eigenvalue weighted by Gasteiger charge is -2.23. The van der Waals surface area contributed by atoms with Crippen molar-refractivity contribution in [1.82, 2.24) is 20.1 Å². The van der Waals surface area contributed by atoms with Crippen LogP contribution in [0, 0.1) is 5.92 Å². The highest BCUT2D eigenvalue weighted by atomic mass is 16.2. The van der Waals surface area contributed by atoms with E-state index < -0.39 is 0 Å². The normalized spacial score (nSPS) is 19.9. The fraction of sp³-hybridized carbons (Fsp3) is 0.533. The van der Waals surface area contributed by atoms with Crippen molar-refractivity contribution in [1.29, 1.82) is 0 Å². The van der Waals surface area contributed by atoms with Crippen molar-refractivity contribution in [3.8, 4) is 0 Å². The average Bonchev–Trinajstić information content (AvgIpc) is 2.69. The van der Waals surface area contributed by atoms with E-state index in [1.54, 1.807) is 24.3 Å². The lowest BCUT2D eigenvalue weighted by Crippen LogP contribution is -2.41. The van der Waals surface area contributed by atoms with Crippen LogP contribution in [-0.4, -0.2) is 66.9 Å². The molecule has 0 aromatic carbocycles. The van der Waals surface area contributed by atoms with Gasteiger partial charge in [0.1, 0.15) is 0 Å². The van der Waals surface area contributed by atoms with Crippen LogP contribution in [0.1, 0.15) is 5.56 Å². The van der Waals surface area contributed by atoms with E-state index in [0.717, 1.165) is 12.1 Å². The minimum absolute atomic E-state index is 0.0112. The molecular weight excluding hydrogens is 268 g/mol. The van der Waals surface area contributed by atoms with Crippen LogP contribution in [0.25, 0.3) is 0 Å². The number of carbonyl (C=O) groups excluding carboxylic acids is 2. The van der Waals surface area contributed by atoms with E-state index in [0.29, 0.717) is 26.1 Å². The Kier molecular flexibility index (Phi) is 5.27. The van der Waals surface area contributed by atoms with E-state index in [4.69, 9.17) is 0 Å². The molecule has 1 aromatic heterocycles. The van der Waals surface area contributed by atoms with Crippen molar-refractivity contribution < 1.29 is 9.59 Å². The van der Waals surface area contributed by atoms with Gasteiger partial charge in [-0.2, -0.15) is 0 Å². The number of nitrogens with zero attached hydrogens (tertiary/aromatic N) is 3. The summed E-state index contributed by atoms with van der Waals surface area (Å²) in [6.45, 7) is 2.59. The first-order valence-electron chi connectivity index (χ1n) is 7.17. The van der Waals surface area contributed by atoms with Gasteiger partial charge in [-0.25, -0.2) is 0 Å². The van der Waals surface area contributed by atoms with Gasteiger partial charge in [0.15, 0.2) is 0 Å². The second-order valence-corrected chi connectivity index (χ2v) is 5.45. The number of amides is 2. The summed E-state index contributed by atoms with van der Waals surface area (Å²) in [7, 11) is 3.61. The molecule has 2 heterocycles. The zero-order chi connectivity index (χ0) is 15.2. The second-order valence-electron chi connectivity index (χ2n) is 5.45. The van der Waals surface area contributed by atoms with Gasteiger partial charge in [0.05, 0.1) is 12.3 Å². The van der Waals surface area contributed by atoms with Gasteiger partial charge in [-0.05, 0) is 18.7 Å². The highest BCUT2D eigenvalue weighted by Crippen LogP contribution is 2.11. The standard InChI is InChI=1S/C15H22N4O2/c1-16-15(21)13-10-18(2)6-7-19(11-13)14(20)8-12-4-3-5-17-9-12/h3-5,9,13H,6-8,10-11H2,1-2H3,(H,16,21)/t13-/m1/s1. The van der Waals surface area contributed by atoms with Gasteiger partial charge in [0, 0.05) is 45.6 Å². The fourth-order valence-corrected chi connectivity index (χ4v) is 2.56. The summed E-state index contributed by atoms with van der Waals surface area (Å²) in [6, 6.07) is 3.72. The molecule has 0 bridgehead atoms. The van der Waals surface area contributed by atoms with E-state index in [9.17, 15) is 9.59 Å². The zero-order valence-corrected chi connectivity index (χ0v) is 12.6. The molecule has 114 valence electrons. The quantitative estimate of drug-likeness (QED) is 0.834. The van der Waals surface area contributed by atoms with Crippen LogP contribution in [0.5, 0.6) is 0 Å². The molecule has 1 aliphatic heterocycles. The van der Waals surface area contributed by atoms with Gasteiger partial charge in [0.2, 0.25) is 11.8 Å². The summed E-state index contributed by atoms with van der Waals surface area (Å²) >= 11 is 0. The highest BCUT2D eigenvalue weighted by molar-refractivity contribution is 5.82. The predicted octanol–water partition coefficient (Wildman–Crippen LogP) is -0.240. The van der Waals surface area contributed by atoms with Crippen molar-refractivity contribution in [2.24, 2.45) is 5.92 Å². The number of nitrogens with one attached hydrogen (secondary N) is 1. The number of aromatic nitrogens is 1. The third-order valence-electron chi connectivity index (χ3n) is 3.77. The summed E-state index contributed by atoms with van der Waals surface area (Å²) in [6.07, 6.45) is 3.73. The third kappa shape index (κ3) is 4.26. The van der Waals surface area contributed by atoms with Crippen molar-refractivity contribution in [2.75, 3.05) is 40.3 Å². The third-order valence-corrected chi connectivity index (χ3v) is 3.77. The van der Waals surface area contributed by atoms with Gasteiger partial charge >= 0.3 is 0 Å². The summed E-state index contributed by atoms with van der Waals surface area (Å²) in [5.41, 5.74) is 0.900. The maximum Gasteiger partial charge on any atom is 0.227 e. The van der Waals surface area contributed by atoms with Crippen LogP contribution in [-0.2, 0) is 16.0 Å². The minimum atomic E-state index is -0.180. The van der Waals surface area contributed by atoms with Gasteiger partial charge in [-0.1, -0.05) is 6.07 Å². The summed E-state index contributed by atoms with van der Waals surface area (Å²) in [5.74, 6) is -0.143. The number of rotatable bonds is 3. The number of hydrogen-bond donors (Lipinski definition) is 1. The molecule has 0 radical (unpaired) electrons. The number of likely N-dealkylation sites (N-methyl/N-ethyl adjacent to an activating group) is 1. The van der Waals surface area contributed by atoms with E-state index in [1.165, 1.54) is 0 Å². The molecule has 6 heteroatoms. The number of hydrogen-bond acceptors (Lipinski definition) is 4. The average molecular weight is 290 g/mol. The Hall–Kier alpha value is -1.95. The highest BCUT2D eigenvalue weighted by Gasteiger charge is 2.28. The Labute approximate surface area is 125 Å². The zero-order valence-electron chi connectivity index (χ0n) is 12.6. The lowest BCUT2D eigenvalue weighted by molar-refractivity contribution is -0.132. The Morgan fingerprint density at radius 2 is 2.19 bits per heavy atom. The minimum Gasteiger partial charge on any atom is -0.359 e. The van der Waals surface area contributed by atoms with Crippen LogP contribution in [0.2, 0.25) is 0 Å². The van der Waals surface area contributed by atoms with E-state index >= 15 is 0 Å². The van der Waals surface area contributed by atoms with Crippen LogP contribution in [0.3, 0.4) is 0 Å². The van der Waals surface area contributed by atoms with E-state index in [-0.39, 0.29) is 17.7 Å². The second kappa shape index (κ2) is 7.17. The first kappa shape index (κ1) is 15.4.